The second-order valence-electron chi connectivity index (χ2n) is 5.95. The van der Waals surface area contributed by atoms with E-state index in [-0.39, 0.29) is 0 Å². The van der Waals surface area contributed by atoms with Gasteiger partial charge in [-0.15, -0.1) is 0 Å². The van der Waals surface area contributed by atoms with Crippen LogP contribution >= 0.6 is 35.0 Å². The van der Waals surface area contributed by atoms with Crippen molar-refractivity contribution in [2.75, 3.05) is 43.4 Å². The molecular formula is C17H22Cl2N4S. The Morgan fingerprint density at radius 2 is 1.92 bits per heavy atom. The number of aromatic nitrogens is 2. The van der Waals surface area contributed by atoms with Gasteiger partial charge in [0.15, 0.2) is 5.16 Å². The lowest BCUT2D eigenvalue weighted by Gasteiger charge is -2.36. The van der Waals surface area contributed by atoms with Crippen molar-refractivity contribution in [1.82, 2.24) is 14.5 Å². The summed E-state index contributed by atoms with van der Waals surface area (Å²) >= 11 is 13.9. The van der Waals surface area contributed by atoms with Crippen LogP contribution in [0.15, 0.2) is 35.7 Å². The maximum Gasteiger partial charge on any atom is 0.167 e. The molecule has 1 aromatic carbocycles. The van der Waals surface area contributed by atoms with Crippen LogP contribution in [-0.4, -0.2) is 52.9 Å². The number of hydrogen-bond acceptors (Lipinski definition) is 4. The molecule has 4 nitrogen and oxygen atoms in total. The van der Waals surface area contributed by atoms with Gasteiger partial charge < -0.3 is 9.47 Å². The van der Waals surface area contributed by atoms with Gasteiger partial charge in [-0.1, -0.05) is 35.0 Å². The lowest BCUT2D eigenvalue weighted by Crippen LogP contribution is -2.46. The number of aryl methyl sites for hydroxylation is 1. The first kappa shape index (κ1) is 17.9. The van der Waals surface area contributed by atoms with Gasteiger partial charge in [-0.05, 0) is 31.2 Å². The van der Waals surface area contributed by atoms with Gasteiger partial charge in [-0.3, -0.25) is 4.90 Å². The second kappa shape index (κ2) is 8.48. The highest BCUT2D eigenvalue weighted by atomic mass is 35.5. The quantitative estimate of drug-likeness (QED) is 0.554. The molecule has 1 aliphatic heterocycles. The average Bonchev–Trinajstić information content (AvgIpc) is 3.00. The summed E-state index contributed by atoms with van der Waals surface area (Å²) in [6.07, 6.45) is 5.03. The molecule has 1 aromatic heterocycles. The molecule has 0 saturated carbocycles. The highest BCUT2D eigenvalue weighted by molar-refractivity contribution is 7.99. The molecule has 24 heavy (non-hydrogen) atoms. The van der Waals surface area contributed by atoms with Crippen LogP contribution in [0.3, 0.4) is 0 Å². The van der Waals surface area contributed by atoms with Gasteiger partial charge in [0.2, 0.25) is 0 Å². The number of thioether (sulfide) groups is 1. The fourth-order valence-electron chi connectivity index (χ4n) is 2.85. The molecule has 1 saturated heterocycles. The van der Waals surface area contributed by atoms with E-state index < -0.39 is 0 Å². The van der Waals surface area contributed by atoms with Gasteiger partial charge in [-0.25, -0.2) is 4.98 Å². The Bertz CT molecular complexity index is 668. The smallest absolute Gasteiger partial charge is 0.167 e. The van der Waals surface area contributed by atoms with E-state index in [1.165, 1.54) is 6.42 Å². The van der Waals surface area contributed by atoms with Crippen LogP contribution in [0.4, 0.5) is 5.69 Å². The molecule has 0 atom stereocenters. The maximum absolute atomic E-state index is 6.12. The second-order valence-corrected chi connectivity index (χ2v) is 7.83. The third kappa shape index (κ3) is 4.60. The van der Waals surface area contributed by atoms with E-state index in [9.17, 15) is 0 Å². The van der Waals surface area contributed by atoms with Crippen LogP contribution in [0.5, 0.6) is 0 Å². The summed E-state index contributed by atoms with van der Waals surface area (Å²) in [6.45, 7) is 5.39. The van der Waals surface area contributed by atoms with Crippen LogP contribution in [0.1, 0.15) is 6.42 Å². The molecule has 0 N–H and O–H groups in total. The lowest BCUT2D eigenvalue weighted by molar-refractivity contribution is 0.259. The molecule has 0 amide bonds. The lowest BCUT2D eigenvalue weighted by atomic mass is 10.2. The normalized spacial score (nSPS) is 15.9. The van der Waals surface area contributed by atoms with E-state index in [0.29, 0.717) is 10.0 Å². The first-order valence-electron chi connectivity index (χ1n) is 8.16. The van der Waals surface area contributed by atoms with Crippen molar-refractivity contribution in [3.63, 3.8) is 0 Å². The van der Waals surface area contributed by atoms with Crippen molar-refractivity contribution in [3.05, 3.63) is 40.6 Å². The largest absolute Gasteiger partial charge is 0.369 e. The first-order chi connectivity index (χ1) is 11.6. The molecule has 7 heteroatoms. The van der Waals surface area contributed by atoms with Crippen LogP contribution in [0.25, 0.3) is 0 Å². The highest BCUT2D eigenvalue weighted by Crippen LogP contribution is 2.27. The molecule has 2 aromatic rings. The van der Waals surface area contributed by atoms with Gasteiger partial charge >= 0.3 is 0 Å². The van der Waals surface area contributed by atoms with Gasteiger partial charge in [-0.2, -0.15) is 0 Å². The zero-order valence-corrected chi connectivity index (χ0v) is 16.1. The number of piperazine rings is 1. The van der Waals surface area contributed by atoms with Gasteiger partial charge in [0.25, 0.3) is 0 Å². The van der Waals surface area contributed by atoms with Gasteiger partial charge in [0.05, 0.1) is 10.0 Å². The molecule has 0 bridgehead atoms. The Morgan fingerprint density at radius 3 is 2.58 bits per heavy atom. The summed E-state index contributed by atoms with van der Waals surface area (Å²) in [5.41, 5.74) is 1.16. The van der Waals surface area contributed by atoms with E-state index in [1.54, 1.807) is 0 Å². The zero-order valence-electron chi connectivity index (χ0n) is 13.8. The minimum absolute atomic E-state index is 0.615. The topological polar surface area (TPSA) is 24.3 Å². The minimum Gasteiger partial charge on any atom is -0.369 e. The highest BCUT2D eigenvalue weighted by Gasteiger charge is 2.17. The Kier molecular flexibility index (Phi) is 6.33. The number of anilines is 1. The van der Waals surface area contributed by atoms with E-state index >= 15 is 0 Å². The zero-order chi connectivity index (χ0) is 16.9. The number of hydrogen-bond donors (Lipinski definition) is 0. The van der Waals surface area contributed by atoms with E-state index in [1.807, 2.05) is 49.4 Å². The third-order valence-electron chi connectivity index (χ3n) is 4.27. The van der Waals surface area contributed by atoms with E-state index in [4.69, 9.17) is 23.2 Å². The number of benzene rings is 1. The SMILES string of the molecule is Cn1ccnc1SCCCN1CCN(c2ccc(Cl)c(Cl)c2)CC1. The van der Waals surface area contributed by atoms with Crippen molar-refractivity contribution in [2.45, 2.75) is 11.6 Å². The molecule has 0 aliphatic carbocycles. The molecule has 0 unspecified atom stereocenters. The van der Waals surface area contributed by atoms with Crippen LogP contribution in [-0.2, 0) is 7.05 Å². The number of rotatable bonds is 6. The average molecular weight is 385 g/mol. The maximum atomic E-state index is 6.12. The third-order valence-corrected chi connectivity index (χ3v) is 6.15. The summed E-state index contributed by atoms with van der Waals surface area (Å²) in [5, 5.41) is 2.34. The number of imidazole rings is 1. The summed E-state index contributed by atoms with van der Waals surface area (Å²) in [6, 6.07) is 5.89. The van der Waals surface area contributed by atoms with Crippen LogP contribution in [0, 0.1) is 0 Å². The molecule has 0 spiro atoms. The Morgan fingerprint density at radius 1 is 1.12 bits per heavy atom. The molecule has 2 heterocycles. The predicted octanol–water partition coefficient (Wildman–Crippen LogP) is 4.03. The van der Waals surface area contributed by atoms with Crippen molar-refractivity contribution in [2.24, 2.45) is 7.05 Å². The van der Waals surface area contributed by atoms with Gasteiger partial charge in [0, 0.05) is 57.1 Å². The van der Waals surface area contributed by atoms with Crippen molar-refractivity contribution < 1.29 is 0 Å². The Hall–Kier alpha value is -0.880. The fraction of sp³-hybridized carbons (Fsp3) is 0.471. The number of nitrogens with zero attached hydrogens (tertiary/aromatic N) is 4. The summed E-state index contributed by atoms with van der Waals surface area (Å²) in [4.78, 5) is 9.25. The van der Waals surface area contributed by atoms with E-state index in [2.05, 4.69) is 19.4 Å². The van der Waals surface area contributed by atoms with E-state index in [0.717, 1.165) is 49.3 Å². The number of halogens is 2. The first-order valence-corrected chi connectivity index (χ1v) is 9.90. The molecule has 130 valence electrons. The standard InChI is InChI=1S/C17H22Cl2N4S/c1-21-7-5-20-17(21)24-12-2-6-22-8-10-23(11-9-22)14-3-4-15(18)16(19)13-14/h3-5,7,13H,2,6,8-12H2,1H3. The molecular weight excluding hydrogens is 363 g/mol. The summed E-state index contributed by atoms with van der Waals surface area (Å²) in [7, 11) is 2.04. The monoisotopic (exact) mass is 384 g/mol. The van der Waals surface area contributed by atoms with Crippen molar-refractivity contribution in [1.29, 1.82) is 0 Å². The van der Waals surface area contributed by atoms with Crippen LogP contribution in [0.2, 0.25) is 10.0 Å². The predicted molar refractivity (Wildman–Crippen MR) is 104 cm³/mol. The van der Waals surface area contributed by atoms with Crippen molar-refractivity contribution in [3.8, 4) is 0 Å². The fourth-order valence-corrected chi connectivity index (χ4v) is 4.00. The molecule has 3 rings (SSSR count). The summed E-state index contributed by atoms with van der Waals surface area (Å²) < 4.78 is 2.07. The molecule has 0 radical (unpaired) electrons. The summed E-state index contributed by atoms with van der Waals surface area (Å²) in [5.74, 6) is 1.11. The Balaban J connectivity index is 1.39. The van der Waals surface area contributed by atoms with Gasteiger partial charge in [0.1, 0.15) is 0 Å². The molecule has 1 aliphatic rings. The van der Waals surface area contributed by atoms with Crippen molar-refractivity contribution >= 4 is 40.7 Å². The minimum atomic E-state index is 0.615. The van der Waals surface area contributed by atoms with Crippen LogP contribution < -0.4 is 4.90 Å². The Labute approximate surface area is 157 Å². The molecule has 1 fully saturated rings.